The second-order valence-electron chi connectivity index (χ2n) is 4.74. The Morgan fingerprint density at radius 3 is 2.86 bits per heavy atom. The fraction of sp³-hybridized carbons (Fsp3) is 0.250. The summed E-state index contributed by atoms with van der Waals surface area (Å²) >= 11 is 0. The highest BCUT2D eigenvalue weighted by Gasteiger charge is 2.12. The van der Waals surface area contributed by atoms with E-state index in [1.54, 1.807) is 37.4 Å². The van der Waals surface area contributed by atoms with Gasteiger partial charge in [-0.2, -0.15) is 0 Å². The van der Waals surface area contributed by atoms with Crippen molar-refractivity contribution >= 4 is 17.4 Å². The summed E-state index contributed by atoms with van der Waals surface area (Å²) in [6, 6.07) is 7.99. The molecule has 0 unspecified atom stereocenters. The van der Waals surface area contributed by atoms with Gasteiger partial charge in [-0.1, -0.05) is 13.0 Å². The molecule has 0 radical (unpaired) electrons. The summed E-state index contributed by atoms with van der Waals surface area (Å²) in [6.45, 7) is 4.44. The number of benzene rings is 1. The molecule has 5 heteroatoms. The molecule has 0 saturated carbocycles. The van der Waals surface area contributed by atoms with Crippen molar-refractivity contribution in [2.75, 3.05) is 17.2 Å². The van der Waals surface area contributed by atoms with E-state index in [4.69, 9.17) is 0 Å². The van der Waals surface area contributed by atoms with Crippen molar-refractivity contribution in [1.82, 2.24) is 4.98 Å². The summed E-state index contributed by atoms with van der Waals surface area (Å²) < 4.78 is 13.5. The zero-order valence-electron chi connectivity index (χ0n) is 12.1. The second-order valence-corrected chi connectivity index (χ2v) is 4.74. The molecular formula is C16H18FN3O. The topological polar surface area (TPSA) is 54.0 Å². The number of hydrogen-bond donors (Lipinski definition) is 2. The van der Waals surface area contributed by atoms with Crippen molar-refractivity contribution in [1.29, 1.82) is 0 Å². The normalized spacial score (nSPS) is 10.2. The molecule has 0 bridgehead atoms. The first-order chi connectivity index (χ1) is 10.1. The summed E-state index contributed by atoms with van der Waals surface area (Å²) in [5, 5.41) is 5.79. The average molecular weight is 287 g/mol. The van der Waals surface area contributed by atoms with Crippen LogP contribution in [-0.2, 0) is 0 Å². The van der Waals surface area contributed by atoms with Crippen molar-refractivity contribution in [3.05, 3.63) is 53.5 Å². The Bertz CT molecular complexity index is 643. The second kappa shape index (κ2) is 6.83. The first-order valence-electron chi connectivity index (χ1n) is 6.88. The number of carbonyl (C=O) groups is 1. The van der Waals surface area contributed by atoms with Gasteiger partial charge in [0.15, 0.2) is 0 Å². The zero-order valence-corrected chi connectivity index (χ0v) is 12.1. The molecule has 2 N–H and O–H groups in total. The maximum atomic E-state index is 13.5. The van der Waals surface area contributed by atoms with Gasteiger partial charge < -0.3 is 10.6 Å². The van der Waals surface area contributed by atoms with Gasteiger partial charge in [-0.05, 0) is 43.2 Å². The number of aryl methyl sites for hydroxylation is 1. The predicted molar refractivity (Wildman–Crippen MR) is 82.1 cm³/mol. The number of nitrogens with zero attached hydrogens (tertiary/aromatic N) is 1. The number of aromatic nitrogens is 1. The number of nitrogens with one attached hydrogen (secondary N) is 2. The Kier molecular flexibility index (Phi) is 4.87. The van der Waals surface area contributed by atoms with E-state index in [-0.39, 0.29) is 11.7 Å². The zero-order chi connectivity index (χ0) is 15.2. The summed E-state index contributed by atoms with van der Waals surface area (Å²) in [6.07, 6.45) is 2.56. The lowest BCUT2D eigenvalue weighted by atomic mass is 10.2. The highest BCUT2D eigenvalue weighted by Crippen LogP contribution is 2.17. The molecule has 0 spiro atoms. The standard InChI is InChI=1S/C16H18FN3O/c1-3-8-18-15-13(5-4-9-19-15)16(21)20-12-7-6-11(2)14(17)10-12/h4-7,9-10H,3,8H2,1-2H3,(H,18,19)(H,20,21). The minimum absolute atomic E-state index is 0.315. The molecule has 0 fully saturated rings. The summed E-state index contributed by atoms with van der Waals surface area (Å²) in [5.41, 5.74) is 1.40. The monoisotopic (exact) mass is 287 g/mol. The van der Waals surface area contributed by atoms with E-state index < -0.39 is 0 Å². The summed E-state index contributed by atoms with van der Waals surface area (Å²) in [7, 11) is 0. The van der Waals surface area contributed by atoms with E-state index in [1.165, 1.54) is 6.07 Å². The number of rotatable bonds is 5. The lowest BCUT2D eigenvalue weighted by Gasteiger charge is -2.11. The number of pyridine rings is 1. The number of hydrogen-bond acceptors (Lipinski definition) is 3. The number of anilines is 2. The Hall–Kier alpha value is -2.43. The van der Waals surface area contributed by atoms with Gasteiger partial charge in [0.25, 0.3) is 5.91 Å². The summed E-state index contributed by atoms with van der Waals surface area (Å²) in [4.78, 5) is 16.4. The van der Waals surface area contributed by atoms with Crippen molar-refractivity contribution in [2.45, 2.75) is 20.3 Å². The predicted octanol–water partition coefficient (Wildman–Crippen LogP) is 3.60. The van der Waals surface area contributed by atoms with E-state index in [2.05, 4.69) is 15.6 Å². The van der Waals surface area contributed by atoms with E-state index >= 15 is 0 Å². The van der Waals surface area contributed by atoms with E-state index in [1.807, 2.05) is 6.92 Å². The third kappa shape index (κ3) is 3.78. The van der Waals surface area contributed by atoms with Gasteiger partial charge in [-0.3, -0.25) is 4.79 Å². The average Bonchev–Trinajstić information content (AvgIpc) is 2.49. The molecule has 110 valence electrons. The van der Waals surface area contributed by atoms with Gasteiger partial charge >= 0.3 is 0 Å². The molecule has 0 aliphatic rings. The van der Waals surface area contributed by atoms with Crippen LogP contribution >= 0.6 is 0 Å². The third-order valence-corrected chi connectivity index (χ3v) is 3.02. The van der Waals surface area contributed by atoms with Crippen LogP contribution in [0.1, 0.15) is 29.3 Å². The fourth-order valence-electron chi connectivity index (χ4n) is 1.84. The molecule has 2 rings (SSSR count). The van der Waals surface area contributed by atoms with Gasteiger partial charge in [0, 0.05) is 18.4 Å². The Morgan fingerprint density at radius 1 is 1.33 bits per heavy atom. The molecule has 0 aliphatic heterocycles. The van der Waals surface area contributed by atoms with E-state index in [9.17, 15) is 9.18 Å². The van der Waals surface area contributed by atoms with Crippen LogP contribution in [0, 0.1) is 12.7 Å². The minimum atomic E-state index is -0.344. The van der Waals surface area contributed by atoms with Crippen molar-refractivity contribution < 1.29 is 9.18 Å². The molecule has 21 heavy (non-hydrogen) atoms. The smallest absolute Gasteiger partial charge is 0.259 e. The Labute approximate surface area is 123 Å². The van der Waals surface area contributed by atoms with Gasteiger partial charge in [-0.15, -0.1) is 0 Å². The Balaban J connectivity index is 2.18. The fourth-order valence-corrected chi connectivity index (χ4v) is 1.84. The van der Waals surface area contributed by atoms with Crippen LogP contribution in [0.5, 0.6) is 0 Å². The lowest BCUT2D eigenvalue weighted by molar-refractivity contribution is 0.102. The molecule has 0 saturated heterocycles. The SMILES string of the molecule is CCCNc1ncccc1C(=O)Nc1ccc(C)c(F)c1. The molecule has 0 aliphatic carbocycles. The molecule has 0 atom stereocenters. The number of carbonyl (C=O) groups excluding carboxylic acids is 1. The number of amides is 1. The van der Waals surface area contributed by atoms with Crippen LogP contribution in [-0.4, -0.2) is 17.4 Å². The van der Waals surface area contributed by atoms with Crippen LogP contribution in [0.15, 0.2) is 36.5 Å². The molecule has 1 aromatic heterocycles. The van der Waals surface area contributed by atoms with Crippen molar-refractivity contribution in [3.63, 3.8) is 0 Å². The van der Waals surface area contributed by atoms with Crippen LogP contribution < -0.4 is 10.6 Å². The first kappa shape index (κ1) is 15.0. The summed E-state index contributed by atoms with van der Waals surface area (Å²) in [5.74, 6) is -0.127. The first-order valence-corrected chi connectivity index (χ1v) is 6.88. The van der Waals surface area contributed by atoms with Crippen LogP contribution in [0.25, 0.3) is 0 Å². The van der Waals surface area contributed by atoms with Gasteiger partial charge in [-0.25, -0.2) is 9.37 Å². The van der Waals surface area contributed by atoms with Crippen LogP contribution in [0.2, 0.25) is 0 Å². The highest BCUT2D eigenvalue weighted by atomic mass is 19.1. The Morgan fingerprint density at radius 2 is 2.14 bits per heavy atom. The van der Waals surface area contributed by atoms with Crippen LogP contribution in [0.3, 0.4) is 0 Å². The molecule has 2 aromatic rings. The minimum Gasteiger partial charge on any atom is -0.369 e. The molecular weight excluding hydrogens is 269 g/mol. The van der Waals surface area contributed by atoms with Gasteiger partial charge in [0.1, 0.15) is 11.6 Å². The quantitative estimate of drug-likeness (QED) is 0.883. The molecule has 1 heterocycles. The third-order valence-electron chi connectivity index (χ3n) is 3.02. The molecule has 4 nitrogen and oxygen atoms in total. The van der Waals surface area contributed by atoms with E-state index in [0.717, 1.165) is 13.0 Å². The van der Waals surface area contributed by atoms with Crippen LogP contribution in [0.4, 0.5) is 15.9 Å². The lowest BCUT2D eigenvalue weighted by Crippen LogP contribution is -2.16. The van der Waals surface area contributed by atoms with Gasteiger partial charge in [0.05, 0.1) is 5.56 Å². The van der Waals surface area contributed by atoms with Crippen molar-refractivity contribution in [3.8, 4) is 0 Å². The van der Waals surface area contributed by atoms with Crippen molar-refractivity contribution in [2.24, 2.45) is 0 Å². The van der Waals surface area contributed by atoms with E-state index in [0.29, 0.717) is 22.6 Å². The number of halogens is 1. The van der Waals surface area contributed by atoms with Gasteiger partial charge in [0.2, 0.25) is 0 Å². The largest absolute Gasteiger partial charge is 0.369 e. The maximum absolute atomic E-state index is 13.5. The highest BCUT2D eigenvalue weighted by molar-refractivity contribution is 6.07. The molecule has 1 aromatic carbocycles. The molecule has 1 amide bonds. The maximum Gasteiger partial charge on any atom is 0.259 e.